The second-order valence-electron chi connectivity index (χ2n) is 22.9. The van der Waals surface area contributed by atoms with Crippen molar-refractivity contribution in [1.29, 1.82) is 0 Å². The number of nitrogens with zero attached hydrogens (tertiary/aromatic N) is 2. The van der Waals surface area contributed by atoms with E-state index in [1.807, 2.05) is 0 Å². The van der Waals surface area contributed by atoms with Gasteiger partial charge >= 0.3 is 0 Å². The van der Waals surface area contributed by atoms with Crippen LogP contribution in [0.4, 0.5) is 0 Å². The summed E-state index contributed by atoms with van der Waals surface area (Å²) in [5, 5.41) is 10.4. The maximum Gasteiger partial charge on any atom is 0.0713 e. The number of rotatable bonds is 6. The number of aromatic nitrogens is 2. The van der Waals surface area contributed by atoms with E-state index in [0.717, 1.165) is 0 Å². The molecule has 17 aromatic rings. The van der Waals surface area contributed by atoms with Gasteiger partial charge in [-0.05, 0) is 138 Å². The average Bonchev–Trinajstić information content (AvgIpc) is 1.59. The van der Waals surface area contributed by atoms with Crippen LogP contribution < -0.4 is 0 Å². The predicted octanol–water partition coefficient (Wildman–Crippen LogP) is 20.0. The van der Waals surface area contributed by atoms with Gasteiger partial charge in [0.05, 0.1) is 43.9 Å². The van der Waals surface area contributed by atoms with E-state index in [1.54, 1.807) is 0 Å². The monoisotopic (exact) mass is 1040 g/mol. The third-order valence-corrected chi connectivity index (χ3v) is 19.3. The van der Waals surface area contributed by atoms with Crippen molar-refractivity contribution in [3.63, 3.8) is 0 Å². The van der Waals surface area contributed by atoms with Crippen LogP contribution in [0.15, 0.2) is 291 Å². The summed E-state index contributed by atoms with van der Waals surface area (Å²) in [6.45, 7) is 0. The topological polar surface area (TPSA) is 8.82 Å². The number of fused-ring (bicyclic) bond motifs is 20. The fraction of sp³-hybridized carbons (Fsp3) is 0.0250. The summed E-state index contributed by atoms with van der Waals surface area (Å²) in [6, 6.07) is 110. The van der Waals surface area contributed by atoms with E-state index >= 15 is 0 Å². The molecule has 2 aliphatic carbocycles. The summed E-state index contributed by atoms with van der Waals surface area (Å²) in [6.07, 6.45) is 0. The molecule has 0 atom stereocenters. The smallest absolute Gasteiger partial charge is 0.0713 e. The van der Waals surface area contributed by atoms with Gasteiger partial charge in [-0.15, -0.1) is 0 Å². The molecule has 0 spiro atoms. The molecule has 19 rings (SSSR count). The van der Waals surface area contributed by atoms with Crippen LogP contribution in [-0.4, -0.2) is 8.80 Å². The zero-order valence-electron chi connectivity index (χ0n) is 44.6. The third kappa shape index (κ3) is 5.40. The van der Waals surface area contributed by atoms with Crippen molar-refractivity contribution in [3.8, 4) is 44.5 Å². The Bertz CT molecular complexity index is 5070. The zero-order chi connectivity index (χ0) is 53.4. The molecule has 2 heteroatoms. The van der Waals surface area contributed by atoms with Crippen molar-refractivity contribution in [2.24, 2.45) is 0 Å². The maximum absolute atomic E-state index is 2.59. The van der Waals surface area contributed by atoms with E-state index in [2.05, 4.69) is 300 Å². The van der Waals surface area contributed by atoms with Gasteiger partial charge in [0.25, 0.3) is 0 Å². The molecule has 4 aromatic heterocycles. The summed E-state index contributed by atoms with van der Waals surface area (Å²) in [4.78, 5) is 0. The molecule has 4 heterocycles. The minimum Gasteiger partial charge on any atom is -0.308 e. The van der Waals surface area contributed by atoms with Crippen molar-refractivity contribution >= 4 is 76.2 Å². The molecule has 0 bridgehead atoms. The molecule has 0 aliphatic heterocycles. The summed E-state index contributed by atoms with van der Waals surface area (Å²) in [5.41, 5.74) is 26.9. The SMILES string of the molecule is c1ccc(C2(c3ccccc3)c3ccccc3-c3ccc(-c4ccc5c(c4)c4c6c7ccccc7n7c8ccc(-c9ccc%10c(c9)C(c9ccccc9)(c9ccccc9)c9ccccc9-%10)cc8c(c8c9ccccc9n5c84)c67)cc32)cc1. The standard InChI is InChI=1S/C80H48N2/c1-5-21-53(22-6-1)79(54-23-7-2-8-24-54)65-33-17-13-29-57(65)59-41-37-51(47-67(59)79)49-39-43-71-63(45-49)75-73-61-31-15-20-36-70(61)82-72-44-40-50(46-64(72)76(78(73)82)74-62-32-16-19-35-69(62)81(71)77(74)75)52-38-42-60-58-30-14-18-34-66(58)80(68(60)48-52,55-25-9-3-10-26-55)56-27-11-4-12-28-56/h1-48H. The lowest BCUT2D eigenvalue weighted by molar-refractivity contribution is 0.769. The predicted molar refractivity (Wildman–Crippen MR) is 341 cm³/mol. The summed E-state index contributed by atoms with van der Waals surface area (Å²) < 4.78 is 5.17. The molecular weight excluding hydrogens is 989 g/mol. The van der Waals surface area contributed by atoms with Crippen LogP contribution in [0.3, 0.4) is 0 Å². The summed E-state index contributed by atoms with van der Waals surface area (Å²) >= 11 is 0. The highest BCUT2D eigenvalue weighted by molar-refractivity contribution is 6.45. The first kappa shape index (κ1) is 44.3. The second kappa shape index (κ2) is 16.1. The van der Waals surface area contributed by atoms with E-state index in [1.165, 1.54) is 165 Å². The molecule has 13 aromatic carbocycles. The maximum atomic E-state index is 2.59. The first-order chi connectivity index (χ1) is 40.7. The van der Waals surface area contributed by atoms with Gasteiger partial charge in [0.1, 0.15) is 0 Å². The minimum atomic E-state index is -0.486. The Balaban J connectivity index is 0.867. The molecule has 0 N–H and O–H groups in total. The van der Waals surface area contributed by atoms with Gasteiger partial charge in [0.15, 0.2) is 0 Å². The number of hydrogen-bond donors (Lipinski definition) is 0. The number of benzene rings is 13. The normalized spacial score (nSPS) is 14.0. The molecule has 0 radical (unpaired) electrons. The van der Waals surface area contributed by atoms with Gasteiger partial charge < -0.3 is 8.80 Å². The molecule has 0 amide bonds. The van der Waals surface area contributed by atoms with Crippen molar-refractivity contribution in [2.45, 2.75) is 10.8 Å². The Kier molecular flexibility index (Phi) is 8.69. The largest absolute Gasteiger partial charge is 0.308 e. The molecule has 82 heavy (non-hydrogen) atoms. The lowest BCUT2D eigenvalue weighted by Crippen LogP contribution is -2.28. The van der Waals surface area contributed by atoms with Crippen LogP contribution in [0.25, 0.3) is 121 Å². The Morgan fingerprint density at radius 3 is 0.902 bits per heavy atom. The first-order valence-electron chi connectivity index (χ1n) is 28.7. The highest BCUT2D eigenvalue weighted by Crippen LogP contribution is 2.59. The second-order valence-corrected chi connectivity index (χ2v) is 22.9. The lowest BCUT2D eigenvalue weighted by Gasteiger charge is -2.34. The Labute approximate surface area is 473 Å². The van der Waals surface area contributed by atoms with E-state index < -0.39 is 10.8 Å². The van der Waals surface area contributed by atoms with Crippen LogP contribution in [0.2, 0.25) is 0 Å². The highest BCUT2D eigenvalue weighted by Gasteiger charge is 2.48. The van der Waals surface area contributed by atoms with Gasteiger partial charge in [-0.2, -0.15) is 0 Å². The minimum absolute atomic E-state index is 0.486. The molecule has 0 fully saturated rings. The van der Waals surface area contributed by atoms with E-state index in [4.69, 9.17) is 0 Å². The molecule has 0 unspecified atom stereocenters. The van der Waals surface area contributed by atoms with E-state index in [9.17, 15) is 0 Å². The fourth-order valence-corrected chi connectivity index (χ4v) is 16.2. The molecule has 2 aliphatic rings. The van der Waals surface area contributed by atoms with Crippen LogP contribution in [-0.2, 0) is 10.8 Å². The third-order valence-electron chi connectivity index (χ3n) is 19.3. The molecule has 378 valence electrons. The average molecular weight is 1040 g/mol. The Morgan fingerprint density at radius 2 is 0.500 bits per heavy atom. The molecule has 0 saturated heterocycles. The first-order valence-corrected chi connectivity index (χ1v) is 28.7. The van der Waals surface area contributed by atoms with Gasteiger partial charge in [-0.3, -0.25) is 0 Å². The van der Waals surface area contributed by atoms with Crippen LogP contribution in [0.5, 0.6) is 0 Å². The van der Waals surface area contributed by atoms with Crippen LogP contribution >= 0.6 is 0 Å². The summed E-state index contributed by atoms with van der Waals surface area (Å²) in [5.74, 6) is 0. The lowest BCUT2D eigenvalue weighted by atomic mass is 9.67. The Morgan fingerprint density at radius 1 is 0.207 bits per heavy atom. The van der Waals surface area contributed by atoms with Crippen molar-refractivity contribution in [2.75, 3.05) is 0 Å². The number of para-hydroxylation sites is 2. The van der Waals surface area contributed by atoms with Gasteiger partial charge in [0, 0.05) is 43.1 Å². The van der Waals surface area contributed by atoms with Gasteiger partial charge in [-0.1, -0.05) is 243 Å². The molecule has 2 nitrogen and oxygen atoms in total. The zero-order valence-corrected chi connectivity index (χ0v) is 44.6. The van der Waals surface area contributed by atoms with Gasteiger partial charge in [0.2, 0.25) is 0 Å². The highest BCUT2D eigenvalue weighted by atomic mass is 14.9. The van der Waals surface area contributed by atoms with Gasteiger partial charge in [-0.25, -0.2) is 0 Å². The van der Waals surface area contributed by atoms with Crippen molar-refractivity contribution in [3.05, 3.63) is 336 Å². The molecular formula is C80H48N2. The van der Waals surface area contributed by atoms with E-state index in [-0.39, 0.29) is 0 Å². The Hall–Kier alpha value is -10.5. The quantitative estimate of drug-likeness (QED) is 0.157. The van der Waals surface area contributed by atoms with Crippen molar-refractivity contribution < 1.29 is 0 Å². The van der Waals surface area contributed by atoms with Crippen LogP contribution in [0.1, 0.15) is 44.5 Å². The summed E-state index contributed by atoms with van der Waals surface area (Å²) in [7, 11) is 0. The fourth-order valence-electron chi connectivity index (χ4n) is 16.2. The molecule has 0 saturated carbocycles. The van der Waals surface area contributed by atoms with Crippen LogP contribution in [0, 0.1) is 0 Å². The van der Waals surface area contributed by atoms with Crippen molar-refractivity contribution in [1.82, 2.24) is 8.80 Å². The number of hydrogen-bond acceptors (Lipinski definition) is 0. The van der Waals surface area contributed by atoms with E-state index in [0.29, 0.717) is 0 Å².